The Hall–Kier alpha value is -0.300. The van der Waals surface area contributed by atoms with Crippen LogP contribution >= 0.6 is 0 Å². The fourth-order valence-corrected chi connectivity index (χ4v) is 1.92. The Labute approximate surface area is 69.1 Å². The van der Waals surface area contributed by atoms with Crippen molar-refractivity contribution in [3.05, 3.63) is 12.2 Å². The normalized spacial score (nSPS) is 33.5. The molecule has 1 rings (SSSR count). The molecule has 0 radical (unpaired) electrons. The fourth-order valence-electron chi connectivity index (χ4n) is 1.92. The third-order valence-electron chi connectivity index (χ3n) is 2.68. The molecular weight excluding hydrogens is 136 g/mol. The fraction of sp³-hybridized carbons (Fsp3) is 0.800. The van der Waals surface area contributed by atoms with Gasteiger partial charge in [0, 0.05) is 5.92 Å². The van der Waals surface area contributed by atoms with Crippen LogP contribution < -0.4 is 0 Å². The van der Waals surface area contributed by atoms with Crippen LogP contribution in [0.5, 0.6) is 0 Å². The highest BCUT2D eigenvalue weighted by molar-refractivity contribution is 5.04. The van der Waals surface area contributed by atoms with Crippen molar-refractivity contribution in [2.45, 2.75) is 45.1 Å². The van der Waals surface area contributed by atoms with Crippen LogP contribution in [0.3, 0.4) is 0 Å². The Kier molecular flexibility index (Phi) is 3.13. The molecule has 0 saturated heterocycles. The van der Waals surface area contributed by atoms with Gasteiger partial charge in [-0.2, -0.15) is 0 Å². The standard InChI is InChI=1S/C10H18O/c1-3-9-8(2)6-4-5-7-10(9)11/h9-11H,2-7H2,1H3. The summed E-state index contributed by atoms with van der Waals surface area (Å²) in [5.74, 6) is 0.373. The van der Waals surface area contributed by atoms with E-state index in [1.54, 1.807) is 0 Å². The molecule has 11 heavy (non-hydrogen) atoms. The maximum atomic E-state index is 9.66. The van der Waals surface area contributed by atoms with Crippen LogP contribution in [0, 0.1) is 5.92 Å². The van der Waals surface area contributed by atoms with Crippen LogP contribution in [0.15, 0.2) is 12.2 Å². The maximum absolute atomic E-state index is 9.66. The predicted octanol–water partition coefficient (Wildman–Crippen LogP) is 2.50. The molecule has 0 aromatic heterocycles. The van der Waals surface area contributed by atoms with Crippen LogP contribution in [0.1, 0.15) is 39.0 Å². The summed E-state index contributed by atoms with van der Waals surface area (Å²) in [5.41, 5.74) is 1.26. The molecule has 2 atom stereocenters. The summed E-state index contributed by atoms with van der Waals surface area (Å²) in [5, 5.41) is 9.66. The first kappa shape index (κ1) is 8.79. The monoisotopic (exact) mass is 154 g/mol. The summed E-state index contributed by atoms with van der Waals surface area (Å²) in [6, 6.07) is 0. The molecule has 0 amide bonds. The average Bonchev–Trinajstić information content (AvgIpc) is 2.12. The van der Waals surface area contributed by atoms with Gasteiger partial charge < -0.3 is 5.11 Å². The van der Waals surface area contributed by atoms with Gasteiger partial charge >= 0.3 is 0 Å². The predicted molar refractivity (Wildman–Crippen MR) is 47.4 cm³/mol. The van der Waals surface area contributed by atoms with Gasteiger partial charge in [0.15, 0.2) is 0 Å². The molecule has 0 aromatic rings. The summed E-state index contributed by atoms with van der Waals surface area (Å²) in [7, 11) is 0. The summed E-state index contributed by atoms with van der Waals surface area (Å²) < 4.78 is 0. The number of aliphatic hydroxyl groups is 1. The van der Waals surface area contributed by atoms with Crippen molar-refractivity contribution >= 4 is 0 Å². The maximum Gasteiger partial charge on any atom is 0.0605 e. The second-order valence-electron chi connectivity index (χ2n) is 3.49. The van der Waals surface area contributed by atoms with Crippen molar-refractivity contribution in [3.63, 3.8) is 0 Å². The first-order valence-corrected chi connectivity index (χ1v) is 4.61. The van der Waals surface area contributed by atoms with Gasteiger partial charge in [-0.3, -0.25) is 0 Å². The lowest BCUT2D eigenvalue weighted by Crippen LogP contribution is -2.19. The van der Waals surface area contributed by atoms with Gasteiger partial charge in [-0.15, -0.1) is 0 Å². The van der Waals surface area contributed by atoms with Crippen LogP contribution in [-0.4, -0.2) is 11.2 Å². The summed E-state index contributed by atoms with van der Waals surface area (Å²) >= 11 is 0. The summed E-state index contributed by atoms with van der Waals surface area (Å²) in [6.07, 6.45) is 5.39. The quantitative estimate of drug-likeness (QED) is 0.454. The van der Waals surface area contributed by atoms with E-state index in [4.69, 9.17) is 0 Å². The van der Waals surface area contributed by atoms with Crippen molar-refractivity contribution < 1.29 is 5.11 Å². The van der Waals surface area contributed by atoms with Crippen LogP contribution in [0.4, 0.5) is 0 Å². The van der Waals surface area contributed by atoms with Crippen molar-refractivity contribution in [1.29, 1.82) is 0 Å². The number of hydrogen-bond acceptors (Lipinski definition) is 1. The molecule has 1 fully saturated rings. The highest BCUT2D eigenvalue weighted by Crippen LogP contribution is 2.29. The highest BCUT2D eigenvalue weighted by atomic mass is 16.3. The number of rotatable bonds is 1. The Morgan fingerprint density at radius 2 is 2.27 bits per heavy atom. The topological polar surface area (TPSA) is 20.2 Å². The van der Waals surface area contributed by atoms with E-state index in [1.807, 2.05) is 0 Å². The second-order valence-corrected chi connectivity index (χ2v) is 3.49. The zero-order valence-corrected chi connectivity index (χ0v) is 7.34. The third kappa shape index (κ3) is 2.06. The van der Waals surface area contributed by atoms with E-state index >= 15 is 0 Å². The molecular formula is C10H18O. The first-order chi connectivity index (χ1) is 5.25. The Balaban J connectivity index is 2.58. The van der Waals surface area contributed by atoms with Crippen molar-refractivity contribution in [2.24, 2.45) is 5.92 Å². The largest absolute Gasteiger partial charge is 0.393 e. The van der Waals surface area contributed by atoms with Gasteiger partial charge in [-0.1, -0.05) is 25.5 Å². The smallest absolute Gasteiger partial charge is 0.0605 e. The van der Waals surface area contributed by atoms with Gasteiger partial charge in [0.05, 0.1) is 6.10 Å². The van der Waals surface area contributed by atoms with E-state index in [2.05, 4.69) is 13.5 Å². The van der Waals surface area contributed by atoms with Gasteiger partial charge in [0.2, 0.25) is 0 Å². The van der Waals surface area contributed by atoms with Gasteiger partial charge in [-0.05, 0) is 25.7 Å². The van der Waals surface area contributed by atoms with E-state index < -0.39 is 0 Å². The minimum Gasteiger partial charge on any atom is -0.393 e. The average molecular weight is 154 g/mol. The van der Waals surface area contributed by atoms with Gasteiger partial charge in [0.25, 0.3) is 0 Å². The van der Waals surface area contributed by atoms with E-state index in [1.165, 1.54) is 12.0 Å². The minimum atomic E-state index is -0.116. The lowest BCUT2D eigenvalue weighted by molar-refractivity contribution is 0.116. The highest BCUT2D eigenvalue weighted by Gasteiger charge is 2.22. The Bertz CT molecular complexity index is 140. The molecule has 0 spiro atoms. The Morgan fingerprint density at radius 3 is 2.91 bits per heavy atom. The molecule has 0 heterocycles. The zero-order valence-electron chi connectivity index (χ0n) is 7.34. The molecule has 1 heteroatoms. The van der Waals surface area contributed by atoms with Crippen LogP contribution in [0.2, 0.25) is 0 Å². The van der Waals surface area contributed by atoms with Crippen LogP contribution in [-0.2, 0) is 0 Å². The van der Waals surface area contributed by atoms with Crippen LogP contribution in [0.25, 0.3) is 0 Å². The third-order valence-corrected chi connectivity index (χ3v) is 2.68. The lowest BCUT2D eigenvalue weighted by Gasteiger charge is -2.19. The van der Waals surface area contributed by atoms with Crippen molar-refractivity contribution in [1.82, 2.24) is 0 Å². The molecule has 0 aliphatic heterocycles. The zero-order chi connectivity index (χ0) is 8.27. The molecule has 1 saturated carbocycles. The summed E-state index contributed by atoms with van der Waals surface area (Å²) in [6.45, 7) is 6.15. The van der Waals surface area contributed by atoms with E-state index in [-0.39, 0.29) is 6.10 Å². The molecule has 64 valence electrons. The van der Waals surface area contributed by atoms with Crippen molar-refractivity contribution in [3.8, 4) is 0 Å². The molecule has 0 bridgehead atoms. The number of aliphatic hydroxyl groups excluding tert-OH is 1. The molecule has 2 unspecified atom stereocenters. The SMILES string of the molecule is C=C1CCCCC(O)C1CC. The van der Waals surface area contributed by atoms with Gasteiger partial charge in [0.1, 0.15) is 0 Å². The molecule has 1 aliphatic carbocycles. The molecule has 1 N–H and O–H groups in total. The number of hydrogen-bond donors (Lipinski definition) is 1. The Morgan fingerprint density at radius 1 is 1.55 bits per heavy atom. The molecule has 1 aliphatic rings. The first-order valence-electron chi connectivity index (χ1n) is 4.61. The summed E-state index contributed by atoms with van der Waals surface area (Å²) in [4.78, 5) is 0. The molecule has 1 nitrogen and oxygen atoms in total. The lowest BCUT2D eigenvalue weighted by atomic mass is 9.91. The van der Waals surface area contributed by atoms with Gasteiger partial charge in [-0.25, -0.2) is 0 Å². The minimum absolute atomic E-state index is 0.116. The van der Waals surface area contributed by atoms with E-state index in [0.29, 0.717) is 5.92 Å². The molecule has 0 aromatic carbocycles. The van der Waals surface area contributed by atoms with E-state index in [0.717, 1.165) is 25.7 Å². The van der Waals surface area contributed by atoms with Crippen molar-refractivity contribution in [2.75, 3.05) is 0 Å². The van der Waals surface area contributed by atoms with E-state index in [9.17, 15) is 5.11 Å². The second kappa shape index (κ2) is 3.91.